The second-order valence-corrected chi connectivity index (χ2v) is 2.85. The highest BCUT2D eigenvalue weighted by molar-refractivity contribution is 5.97. The molecule has 0 spiro atoms. The first-order valence-electron chi connectivity index (χ1n) is 3.86. The van der Waals surface area contributed by atoms with Crippen molar-refractivity contribution in [3.05, 3.63) is 24.4 Å². The molecular weight excluding hydrogens is 122 g/mol. The average Bonchev–Trinajstić information content (AvgIpc) is 2.05. The number of nitrogens with zero attached hydrogens (tertiary/aromatic N) is 1. The summed E-state index contributed by atoms with van der Waals surface area (Å²) in [6, 6.07) is 0. The summed E-state index contributed by atoms with van der Waals surface area (Å²) in [6.07, 6.45) is 12.2. The number of hydrogen-bond donors (Lipinski definition) is 0. The quantitative estimate of drug-likeness (QED) is 0.477. The lowest BCUT2D eigenvalue weighted by molar-refractivity contribution is 0.622. The molecular formula is C9H11N+. The smallest absolute Gasteiger partial charge is 0.0780 e. The molecule has 1 radical (unpaired) electrons. The Balaban J connectivity index is 2.27. The van der Waals surface area contributed by atoms with Gasteiger partial charge in [-0.1, -0.05) is 6.08 Å². The van der Waals surface area contributed by atoms with E-state index >= 15 is 0 Å². The molecule has 0 aromatic rings. The van der Waals surface area contributed by atoms with E-state index in [2.05, 4.69) is 23.2 Å². The van der Waals surface area contributed by atoms with Crippen LogP contribution in [0.15, 0.2) is 24.4 Å². The molecule has 2 rings (SSSR count). The van der Waals surface area contributed by atoms with Crippen molar-refractivity contribution in [3.8, 4) is 0 Å². The Bertz CT molecular complexity index is 211. The van der Waals surface area contributed by atoms with Crippen LogP contribution < -0.4 is 4.99 Å². The highest BCUT2D eigenvalue weighted by atomic mass is 14.7. The Morgan fingerprint density at radius 3 is 3.30 bits per heavy atom. The van der Waals surface area contributed by atoms with Gasteiger partial charge in [-0.25, -0.2) is 0 Å². The average molecular weight is 133 g/mol. The molecule has 1 unspecified atom stereocenters. The van der Waals surface area contributed by atoms with Crippen molar-refractivity contribution in [2.45, 2.75) is 19.3 Å². The van der Waals surface area contributed by atoms with E-state index in [9.17, 15) is 0 Å². The monoisotopic (exact) mass is 133 g/mol. The molecule has 0 fully saturated rings. The van der Waals surface area contributed by atoms with Crippen LogP contribution >= 0.6 is 0 Å². The van der Waals surface area contributed by atoms with Crippen LogP contribution in [0.2, 0.25) is 0 Å². The van der Waals surface area contributed by atoms with Crippen molar-refractivity contribution < 1.29 is 0 Å². The van der Waals surface area contributed by atoms with Crippen LogP contribution in [0.4, 0.5) is 0 Å². The number of rotatable bonds is 0. The van der Waals surface area contributed by atoms with E-state index in [1.165, 1.54) is 25.0 Å². The number of allylic oxidation sites excluding steroid dienone is 3. The summed E-state index contributed by atoms with van der Waals surface area (Å²) in [5.41, 5.74) is 1.29. The van der Waals surface area contributed by atoms with Gasteiger partial charge in [0.05, 0.1) is 10.9 Å². The summed E-state index contributed by atoms with van der Waals surface area (Å²) in [4.78, 5) is 4.30. The maximum absolute atomic E-state index is 4.30. The van der Waals surface area contributed by atoms with Gasteiger partial charge in [-0.05, 0) is 25.3 Å². The Morgan fingerprint density at radius 1 is 1.40 bits per heavy atom. The van der Waals surface area contributed by atoms with E-state index in [0.29, 0.717) is 0 Å². The fourth-order valence-electron chi connectivity index (χ4n) is 1.54. The summed E-state index contributed by atoms with van der Waals surface area (Å²) >= 11 is 0. The first kappa shape index (κ1) is 5.90. The molecule has 1 heteroatoms. The van der Waals surface area contributed by atoms with E-state index in [1.54, 1.807) is 0 Å². The molecule has 0 amide bonds. The topological polar surface area (TPSA) is 14.1 Å². The molecule has 0 aromatic heterocycles. The Labute approximate surface area is 61.2 Å². The molecule has 0 aromatic carbocycles. The molecule has 0 saturated carbocycles. The lowest BCUT2D eigenvalue weighted by atomic mass is 9.88. The van der Waals surface area contributed by atoms with Gasteiger partial charge in [0.15, 0.2) is 0 Å². The third kappa shape index (κ3) is 0.919. The maximum atomic E-state index is 4.30. The Morgan fingerprint density at radius 2 is 2.40 bits per heavy atom. The van der Waals surface area contributed by atoms with Gasteiger partial charge in [-0.3, -0.25) is 0 Å². The molecule has 51 valence electrons. The van der Waals surface area contributed by atoms with Crippen molar-refractivity contribution in [2.75, 3.05) is 0 Å². The zero-order valence-corrected chi connectivity index (χ0v) is 5.96. The highest BCUT2D eigenvalue weighted by Crippen LogP contribution is 2.20. The highest BCUT2D eigenvalue weighted by Gasteiger charge is 2.25. The summed E-state index contributed by atoms with van der Waals surface area (Å²) in [6.45, 7) is 0. The zero-order valence-electron chi connectivity index (χ0n) is 5.96. The Kier molecular flexibility index (Phi) is 1.42. The SMILES string of the molecule is C1=CC2=[N+]C=CCC2CC1. The molecule has 1 heterocycles. The van der Waals surface area contributed by atoms with Crippen molar-refractivity contribution in [1.82, 2.24) is 4.99 Å². The predicted molar refractivity (Wildman–Crippen MR) is 42.8 cm³/mol. The minimum absolute atomic E-state index is 0.731. The lowest BCUT2D eigenvalue weighted by Gasteiger charge is -2.12. The largest absolute Gasteiger partial charge is 0.257 e. The van der Waals surface area contributed by atoms with Gasteiger partial charge < -0.3 is 0 Å². The van der Waals surface area contributed by atoms with Crippen LogP contribution in [-0.2, 0) is 0 Å². The van der Waals surface area contributed by atoms with Crippen LogP contribution in [0, 0.1) is 5.92 Å². The van der Waals surface area contributed by atoms with Crippen LogP contribution in [0.3, 0.4) is 0 Å². The van der Waals surface area contributed by atoms with E-state index < -0.39 is 0 Å². The fourth-order valence-corrected chi connectivity index (χ4v) is 1.54. The summed E-state index contributed by atoms with van der Waals surface area (Å²) in [7, 11) is 0. The summed E-state index contributed by atoms with van der Waals surface area (Å²) in [5, 5.41) is 0. The molecule has 0 bridgehead atoms. The van der Waals surface area contributed by atoms with Crippen molar-refractivity contribution >= 4 is 5.71 Å². The van der Waals surface area contributed by atoms with Gasteiger partial charge >= 0.3 is 0 Å². The summed E-state index contributed by atoms with van der Waals surface area (Å²) in [5.74, 6) is 0.731. The van der Waals surface area contributed by atoms with Gasteiger partial charge in [0.25, 0.3) is 5.71 Å². The van der Waals surface area contributed by atoms with E-state index in [0.717, 1.165) is 5.92 Å². The number of hydrogen-bond acceptors (Lipinski definition) is 1. The number of fused-ring (bicyclic) bond motifs is 1. The van der Waals surface area contributed by atoms with Gasteiger partial charge in [0.1, 0.15) is 0 Å². The lowest BCUT2D eigenvalue weighted by Crippen LogP contribution is -2.20. The predicted octanol–water partition coefficient (Wildman–Crippen LogP) is 1.65. The van der Waals surface area contributed by atoms with Crippen LogP contribution in [0.5, 0.6) is 0 Å². The van der Waals surface area contributed by atoms with Crippen LogP contribution in [-0.4, -0.2) is 5.71 Å². The minimum atomic E-state index is 0.731. The van der Waals surface area contributed by atoms with Gasteiger partial charge in [-0.15, -0.1) is 0 Å². The molecule has 0 saturated heterocycles. The molecule has 1 aliphatic heterocycles. The van der Waals surface area contributed by atoms with Crippen molar-refractivity contribution in [2.24, 2.45) is 5.92 Å². The second-order valence-electron chi connectivity index (χ2n) is 2.85. The maximum Gasteiger partial charge on any atom is 0.257 e. The first-order valence-corrected chi connectivity index (χ1v) is 3.86. The molecule has 1 nitrogen and oxygen atoms in total. The fraction of sp³-hybridized carbons (Fsp3) is 0.444. The summed E-state index contributed by atoms with van der Waals surface area (Å²) < 4.78 is 0. The van der Waals surface area contributed by atoms with E-state index in [1.807, 2.05) is 6.20 Å². The van der Waals surface area contributed by atoms with Gasteiger partial charge in [0.2, 0.25) is 6.20 Å². The molecule has 2 aliphatic rings. The minimum Gasteiger partial charge on any atom is -0.0780 e. The van der Waals surface area contributed by atoms with E-state index in [4.69, 9.17) is 0 Å². The zero-order chi connectivity index (χ0) is 6.81. The van der Waals surface area contributed by atoms with Gasteiger partial charge in [-0.2, -0.15) is 0 Å². The third-order valence-corrected chi connectivity index (χ3v) is 2.14. The van der Waals surface area contributed by atoms with Crippen LogP contribution in [0.25, 0.3) is 0 Å². The standard InChI is InChI=1S/C9H11N/c1-2-6-9-8(4-1)5-3-7-10-9/h2-3,6-8H,1,4-5H2/q+1. The van der Waals surface area contributed by atoms with E-state index in [-0.39, 0.29) is 0 Å². The second kappa shape index (κ2) is 2.41. The molecule has 10 heavy (non-hydrogen) atoms. The Hall–Kier alpha value is -0.850. The first-order chi connectivity index (χ1) is 4.97. The normalized spacial score (nSPS) is 29.6. The molecule has 0 N–H and O–H groups in total. The third-order valence-electron chi connectivity index (χ3n) is 2.14. The van der Waals surface area contributed by atoms with Crippen LogP contribution in [0.1, 0.15) is 19.3 Å². The molecule has 1 atom stereocenters. The number of aliphatic imine (C=N–C) groups is 1. The van der Waals surface area contributed by atoms with Crippen molar-refractivity contribution in [1.29, 1.82) is 0 Å². The van der Waals surface area contributed by atoms with Gasteiger partial charge in [0, 0.05) is 6.08 Å². The molecule has 1 aliphatic carbocycles. The van der Waals surface area contributed by atoms with Crippen molar-refractivity contribution in [3.63, 3.8) is 0 Å².